The minimum atomic E-state index is -4.86. The summed E-state index contributed by atoms with van der Waals surface area (Å²) < 4.78 is 45.8. The van der Waals surface area contributed by atoms with Crippen LogP contribution in [0.2, 0.25) is 0 Å². The van der Waals surface area contributed by atoms with E-state index in [1.54, 1.807) is 4.57 Å². The third-order valence-electron chi connectivity index (χ3n) is 9.21. The summed E-state index contributed by atoms with van der Waals surface area (Å²) in [5, 5.41) is 10.1. The van der Waals surface area contributed by atoms with Gasteiger partial charge in [-0.15, -0.1) is 11.8 Å². The maximum absolute atomic E-state index is 13.7. The number of nitrogens with one attached hydrogen (secondary N) is 1. The highest BCUT2D eigenvalue weighted by molar-refractivity contribution is 8.07. The number of hydrogen-bond donors (Lipinski definition) is 6. The second kappa shape index (κ2) is 11.0. The molecule has 24 heteroatoms. The van der Waals surface area contributed by atoms with Gasteiger partial charge in [-0.25, -0.2) is 24.5 Å². The monoisotopic (exact) mass is 730 g/mol. The van der Waals surface area contributed by atoms with Crippen LogP contribution in [0.3, 0.4) is 0 Å². The summed E-state index contributed by atoms with van der Waals surface area (Å²) in [6.45, 7) is -4.70. The highest BCUT2D eigenvalue weighted by atomic mass is 32.5. The van der Waals surface area contributed by atoms with Crippen LogP contribution in [-0.4, -0.2) is 104 Å². The molecule has 4 aromatic heterocycles. The molecule has 2 saturated heterocycles. The summed E-state index contributed by atoms with van der Waals surface area (Å²) in [4.78, 5) is 58.1. The Morgan fingerprint density at radius 1 is 1.13 bits per heavy atom. The third-order valence-corrected chi connectivity index (χ3v) is 13.2. The quantitative estimate of drug-likeness (QED) is 0.149. The Morgan fingerprint density at radius 2 is 1.89 bits per heavy atom. The molecule has 11 atom stereocenters. The molecule has 20 nitrogen and oxygen atoms in total. The average molecular weight is 731 g/mol. The zero-order chi connectivity index (χ0) is 33.0. The number of aromatic amines is 1. The molecule has 2 bridgehead atoms. The molecule has 6 heterocycles. The number of thioether (sulfide) groups is 1. The number of methoxy groups -OCH3 is 1. The standard InChI is InChI=1S/C23H28N10O10P2S2/c1-39-14-9-3-40-45(38,46)43-16-13(34)12(32-6-28-10-17(24)26-5-27-18(10)32)8-2-23(8,16)4-41-44(36,37)42-15(14)21(47-9)33-7-29-11-19(33)30-22(25)31-20(11)35/h5-9,12-16,21,34H,2-4H2,1H3,(H,36,37)(H,38,46)(H2,24,26,27)(H3,25,30,31,35)/t8?,9-,12-,13+,14-,15-,16+,21-,23-,45?/m1/s1. The van der Waals surface area contributed by atoms with Crippen LogP contribution in [0.15, 0.2) is 23.8 Å². The number of nitrogens with two attached hydrogens (primary N) is 2. The first kappa shape index (κ1) is 31.7. The lowest BCUT2D eigenvalue weighted by Gasteiger charge is -2.31. The number of H-pyrrole nitrogens is 1. The molecule has 4 aliphatic rings. The van der Waals surface area contributed by atoms with Crippen LogP contribution in [0.1, 0.15) is 17.8 Å². The van der Waals surface area contributed by atoms with Gasteiger partial charge in [0.05, 0.1) is 37.2 Å². The first-order valence-electron chi connectivity index (χ1n) is 14.2. The molecule has 4 fully saturated rings. The van der Waals surface area contributed by atoms with Gasteiger partial charge in [-0.3, -0.25) is 23.4 Å². The van der Waals surface area contributed by atoms with E-state index in [1.165, 1.54) is 42.4 Å². The normalized spacial score (nSPS) is 40.4. The van der Waals surface area contributed by atoms with Crippen molar-refractivity contribution in [1.82, 2.24) is 39.0 Å². The van der Waals surface area contributed by atoms with E-state index in [2.05, 4.69) is 29.9 Å². The number of ether oxygens (including phenoxy) is 1. The maximum atomic E-state index is 13.7. The van der Waals surface area contributed by atoms with Crippen molar-refractivity contribution in [2.24, 2.45) is 11.3 Å². The molecule has 0 aromatic carbocycles. The van der Waals surface area contributed by atoms with E-state index in [0.29, 0.717) is 17.6 Å². The van der Waals surface area contributed by atoms with Gasteiger partial charge >= 0.3 is 14.5 Å². The van der Waals surface area contributed by atoms with Gasteiger partial charge in [-0.1, -0.05) is 0 Å². The average Bonchev–Trinajstić information content (AvgIpc) is 3.30. The molecule has 2 aliphatic heterocycles. The fourth-order valence-electron chi connectivity index (χ4n) is 7.08. The van der Waals surface area contributed by atoms with Crippen molar-refractivity contribution in [2.75, 3.05) is 31.8 Å². The molecule has 1 spiro atoms. The molecule has 8 rings (SSSR count). The topological polar surface area (TPSA) is 283 Å². The minimum Gasteiger partial charge on any atom is -0.388 e. The van der Waals surface area contributed by atoms with Crippen LogP contribution in [-0.2, 0) is 39.2 Å². The number of aliphatic hydroxyl groups is 1. The lowest BCUT2D eigenvalue weighted by Crippen LogP contribution is -2.38. The van der Waals surface area contributed by atoms with Crippen molar-refractivity contribution in [3.05, 3.63) is 29.3 Å². The molecule has 252 valence electrons. The zero-order valence-corrected chi connectivity index (χ0v) is 27.6. The molecule has 47 heavy (non-hydrogen) atoms. The van der Waals surface area contributed by atoms with Crippen LogP contribution < -0.4 is 17.0 Å². The number of phosphoric ester groups is 1. The summed E-state index contributed by atoms with van der Waals surface area (Å²) >= 11 is 6.60. The Balaban J connectivity index is 1.15. The molecular weight excluding hydrogens is 702 g/mol. The van der Waals surface area contributed by atoms with E-state index in [4.69, 9.17) is 46.1 Å². The molecule has 4 aromatic rings. The Labute approximate surface area is 273 Å². The van der Waals surface area contributed by atoms with Crippen molar-refractivity contribution >= 4 is 72.2 Å². The molecular formula is C23H28N10O10P2S2. The number of anilines is 2. The summed E-state index contributed by atoms with van der Waals surface area (Å²) in [5.74, 6) is -0.384. The van der Waals surface area contributed by atoms with E-state index < -0.39 is 73.2 Å². The van der Waals surface area contributed by atoms with Crippen molar-refractivity contribution in [2.45, 2.75) is 47.5 Å². The third kappa shape index (κ3) is 5.05. The summed E-state index contributed by atoms with van der Waals surface area (Å²) in [6, 6.07) is -0.698. The smallest absolute Gasteiger partial charge is 0.388 e. The Hall–Kier alpha value is -2.59. The van der Waals surface area contributed by atoms with Crippen molar-refractivity contribution < 1.29 is 42.3 Å². The Morgan fingerprint density at radius 3 is 2.68 bits per heavy atom. The largest absolute Gasteiger partial charge is 0.472 e. The van der Waals surface area contributed by atoms with E-state index in [0.717, 1.165) is 0 Å². The van der Waals surface area contributed by atoms with Crippen LogP contribution in [0, 0.1) is 11.3 Å². The number of nitrogens with zero attached hydrogens (tertiary/aromatic N) is 7. The number of fused-ring (bicyclic) bond motifs is 4. The number of nitrogen functional groups attached to an aromatic ring is 2. The van der Waals surface area contributed by atoms with Crippen molar-refractivity contribution in [3.8, 4) is 0 Å². The fourth-order valence-corrected chi connectivity index (χ4v) is 11.3. The number of aliphatic hydroxyl groups excluding tert-OH is 1. The second-order valence-electron chi connectivity index (χ2n) is 11.8. The van der Waals surface area contributed by atoms with Gasteiger partial charge in [0, 0.05) is 12.5 Å². The van der Waals surface area contributed by atoms with Gasteiger partial charge in [-0.05, 0) is 24.1 Å². The van der Waals surface area contributed by atoms with Crippen molar-refractivity contribution in [3.63, 3.8) is 0 Å². The van der Waals surface area contributed by atoms with Gasteiger partial charge in [0.15, 0.2) is 22.6 Å². The van der Waals surface area contributed by atoms with Gasteiger partial charge in [0.1, 0.15) is 41.6 Å². The summed E-state index contributed by atoms with van der Waals surface area (Å²) in [7, 11) is -3.49. The lowest BCUT2D eigenvalue weighted by molar-refractivity contribution is -0.0289. The number of phosphoric acid groups is 1. The van der Waals surface area contributed by atoms with Gasteiger partial charge in [0.25, 0.3) is 5.56 Å². The predicted octanol–water partition coefficient (Wildman–Crippen LogP) is -0.191. The number of imidazole rings is 2. The fraction of sp³-hybridized carbons (Fsp3) is 0.565. The molecule has 8 N–H and O–H groups in total. The van der Waals surface area contributed by atoms with Gasteiger partial charge in [-0.2, -0.15) is 4.98 Å². The van der Waals surface area contributed by atoms with Crippen molar-refractivity contribution in [1.29, 1.82) is 0 Å². The first-order chi connectivity index (χ1) is 22.3. The predicted molar refractivity (Wildman–Crippen MR) is 167 cm³/mol. The minimum absolute atomic E-state index is 0.0107. The molecule has 0 radical (unpaired) electrons. The summed E-state index contributed by atoms with van der Waals surface area (Å²) in [6.07, 6.45) is -0.0959. The summed E-state index contributed by atoms with van der Waals surface area (Å²) in [5.41, 5.74) is 10.9. The van der Waals surface area contributed by atoms with Crippen LogP contribution in [0.25, 0.3) is 22.3 Å². The molecule has 2 saturated carbocycles. The second-order valence-corrected chi connectivity index (χ2v) is 17.3. The number of hydrogen-bond acceptors (Lipinski definition) is 17. The SMILES string of the molecule is CO[C@H]1[C@H]2OP(=O)(O)OC[C@]34CC3[C@@H](n3cnc5c(N)ncnc53)[C@H](O)[C@@H]4OP(O)(=S)OC[C@H]1S[C@H]2n1cnc2c(=O)[nH]c(N)nc21. The lowest BCUT2D eigenvalue weighted by atomic mass is 10.0. The highest BCUT2D eigenvalue weighted by Gasteiger charge is 2.74. The van der Waals surface area contributed by atoms with Gasteiger partial charge < -0.3 is 44.7 Å². The van der Waals surface area contributed by atoms with Crippen LogP contribution >= 0.6 is 26.3 Å². The van der Waals surface area contributed by atoms with E-state index in [1.807, 2.05) is 0 Å². The van der Waals surface area contributed by atoms with E-state index >= 15 is 0 Å². The number of rotatable bonds is 3. The van der Waals surface area contributed by atoms with E-state index in [9.17, 15) is 24.3 Å². The van der Waals surface area contributed by atoms with Crippen LogP contribution in [0.4, 0.5) is 11.8 Å². The number of aromatic nitrogens is 8. The Kier molecular flexibility index (Phi) is 7.38. The molecule has 0 amide bonds. The molecule has 2 aliphatic carbocycles. The van der Waals surface area contributed by atoms with Gasteiger partial charge in [0.2, 0.25) is 5.95 Å². The van der Waals surface area contributed by atoms with E-state index in [-0.39, 0.29) is 35.5 Å². The molecule has 3 unspecified atom stereocenters. The maximum Gasteiger partial charge on any atom is 0.472 e. The van der Waals surface area contributed by atoms with Crippen LogP contribution in [0.5, 0.6) is 0 Å². The first-order valence-corrected chi connectivity index (χ1v) is 19.2. The zero-order valence-electron chi connectivity index (χ0n) is 24.2. The highest BCUT2D eigenvalue weighted by Crippen LogP contribution is 2.72. The Bertz CT molecular complexity index is 2070.